The molecule has 0 unspecified atom stereocenters. The minimum atomic E-state index is 0.141. The summed E-state index contributed by atoms with van der Waals surface area (Å²) in [4.78, 5) is 0. The smallest absolute Gasteiger partial charge is 0.203 e. The van der Waals surface area contributed by atoms with E-state index >= 15 is 0 Å². The monoisotopic (exact) mass is 309 g/mol. The zero-order valence-corrected chi connectivity index (χ0v) is 13.2. The zero-order valence-electron chi connectivity index (χ0n) is 12.4. The minimum absolute atomic E-state index is 0.141. The van der Waals surface area contributed by atoms with Gasteiger partial charge in [0.15, 0.2) is 16.6 Å². The van der Waals surface area contributed by atoms with E-state index in [-0.39, 0.29) is 5.11 Å². The van der Waals surface area contributed by atoms with Crippen molar-refractivity contribution in [3.8, 4) is 17.2 Å². The normalized spacial score (nSPS) is 15.3. The third-order valence-corrected chi connectivity index (χ3v) is 3.48. The first-order chi connectivity index (χ1) is 10.1. The first kappa shape index (κ1) is 15.4. The van der Waals surface area contributed by atoms with E-state index in [9.17, 15) is 0 Å². The van der Waals surface area contributed by atoms with Crippen LogP contribution in [0.2, 0.25) is 0 Å². The van der Waals surface area contributed by atoms with Gasteiger partial charge in [0.1, 0.15) is 0 Å². The predicted octanol–water partition coefficient (Wildman–Crippen LogP) is 1.59. The molecule has 0 fully saturated rings. The maximum Gasteiger partial charge on any atom is 0.203 e. The lowest BCUT2D eigenvalue weighted by atomic mass is 9.88. The Balaban J connectivity index is 2.58. The molecule has 1 aromatic carbocycles. The van der Waals surface area contributed by atoms with Gasteiger partial charge in [-0.2, -0.15) is 5.10 Å². The molecule has 0 aromatic heterocycles. The summed E-state index contributed by atoms with van der Waals surface area (Å²) in [6.07, 6.45) is 2.70. The fourth-order valence-electron chi connectivity index (χ4n) is 2.53. The second-order valence-electron chi connectivity index (χ2n) is 4.56. The summed E-state index contributed by atoms with van der Waals surface area (Å²) in [5.74, 6) is 1.90. The number of hydrogen-bond acceptors (Lipinski definition) is 5. The summed E-state index contributed by atoms with van der Waals surface area (Å²) in [5, 5.41) is 4.42. The number of hydrazone groups is 1. The highest BCUT2D eigenvalue weighted by atomic mass is 32.1. The van der Waals surface area contributed by atoms with Crippen molar-refractivity contribution in [1.29, 1.82) is 0 Å². The summed E-state index contributed by atoms with van der Waals surface area (Å²) in [5.41, 5.74) is 11.0. The van der Waals surface area contributed by atoms with Crippen molar-refractivity contribution in [1.82, 2.24) is 5.43 Å². The van der Waals surface area contributed by atoms with Crippen molar-refractivity contribution in [3.05, 3.63) is 17.2 Å². The quantitative estimate of drug-likeness (QED) is 0.649. The number of methoxy groups -OCH3 is 3. The largest absolute Gasteiger partial charge is 0.493 e. The summed E-state index contributed by atoms with van der Waals surface area (Å²) in [6, 6.07) is 1.91. The number of benzene rings is 1. The Hall–Kier alpha value is -2.02. The van der Waals surface area contributed by atoms with Crippen LogP contribution in [0, 0.1) is 0 Å². The van der Waals surface area contributed by atoms with Gasteiger partial charge in [0.25, 0.3) is 0 Å². The fourth-order valence-corrected chi connectivity index (χ4v) is 2.57. The van der Waals surface area contributed by atoms with E-state index in [1.807, 2.05) is 6.07 Å². The molecule has 0 saturated heterocycles. The Kier molecular flexibility index (Phi) is 4.85. The first-order valence-electron chi connectivity index (χ1n) is 6.56. The number of thiocarbonyl (C=S) groups is 1. The molecule has 0 bridgehead atoms. The predicted molar refractivity (Wildman–Crippen MR) is 85.5 cm³/mol. The van der Waals surface area contributed by atoms with Crippen LogP contribution in [-0.2, 0) is 6.42 Å². The van der Waals surface area contributed by atoms with Gasteiger partial charge in [-0.05, 0) is 37.5 Å². The molecule has 0 heterocycles. The second-order valence-corrected chi connectivity index (χ2v) is 5.00. The average molecular weight is 309 g/mol. The van der Waals surface area contributed by atoms with Crippen LogP contribution in [0.25, 0.3) is 0 Å². The maximum absolute atomic E-state index is 5.52. The minimum Gasteiger partial charge on any atom is -0.493 e. The van der Waals surface area contributed by atoms with Gasteiger partial charge in [-0.25, -0.2) is 0 Å². The third kappa shape index (κ3) is 3.02. The molecule has 0 saturated carbocycles. The van der Waals surface area contributed by atoms with Crippen LogP contribution < -0.4 is 25.4 Å². The lowest BCUT2D eigenvalue weighted by molar-refractivity contribution is 0.321. The zero-order chi connectivity index (χ0) is 15.4. The molecular formula is C14H19N3O3S. The molecule has 7 heteroatoms. The number of hydrogen-bond donors (Lipinski definition) is 2. The SMILES string of the molecule is COc1cc2c(c(OC)c1OC)CCCC2=NNC(N)=S. The van der Waals surface area contributed by atoms with Crippen LogP contribution in [-0.4, -0.2) is 32.2 Å². The van der Waals surface area contributed by atoms with Gasteiger partial charge in [-0.3, -0.25) is 5.43 Å². The number of nitrogens with one attached hydrogen (secondary N) is 1. The van der Waals surface area contributed by atoms with Gasteiger partial charge >= 0.3 is 0 Å². The molecule has 0 amide bonds. The molecule has 1 aromatic rings. The van der Waals surface area contributed by atoms with Crippen molar-refractivity contribution in [2.45, 2.75) is 19.3 Å². The van der Waals surface area contributed by atoms with E-state index in [0.717, 1.165) is 36.1 Å². The Morgan fingerprint density at radius 1 is 1.19 bits per heavy atom. The summed E-state index contributed by atoms with van der Waals surface area (Å²) < 4.78 is 16.3. The van der Waals surface area contributed by atoms with Gasteiger partial charge in [0.05, 0.1) is 27.0 Å². The van der Waals surface area contributed by atoms with E-state index in [0.29, 0.717) is 17.2 Å². The van der Waals surface area contributed by atoms with Gasteiger partial charge in [0, 0.05) is 11.1 Å². The average Bonchev–Trinajstić information content (AvgIpc) is 2.50. The molecule has 1 aliphatic carbocycles. The molecule has 114 valence electrons. The fraction of sp³-hybridized carbons (Fsp3) is 0.429. The van der Waals surface area contributed by atoms with Crippen LogP contribution >= 0.6 is 12.2 Å². The summed E-state index contributed by atoms with van der Waals surface area (Å²) >= 11 is 4.79. The molecule has 2 rings (SSSR count). The number of ether oxygens (including phenoxy) is 3. The number of fused-ring (bicyclic) bond motifs is 1. The van der Waals surface area contributed by atoms with Crippen LogP contribution in [0.1, 0.15) is 24.0 Å². The Morgan fingerprint density at radius 2 is 1.90 bits per heavy atom. The van der Waals surface area contributed by atoms with Crippen LogP contribution in [0.4, 0.5) is 0 Å². The van der Waals surface area contributed by atoms with E-state index in [4.69, 9.17) is 32.2 Å². The third-order valence-electron chi connectivity index (χ3n) is 3.39. The maximum atomic E-state index is 5.52. The molecule has 3 N–H and O–H groups in total. The van der Waals surface area contributed by atoms with E-state index < -0.39 is 0 Å². The standard InChI is InChI=1S/C14H19N3O3S/c1-18-11-7-9-8(12(19-2)13(11)20-3)5-4-6-10(9)16-17-14(15)21/h7H,4-6H2,1-3H3,(H3,15,17,21). The topological polar surface area (TPSA) is 78.1 Å². The summed E-state index contributed by atoms with van der Waals surface area (Å²) in [6.45, 7) is 0. The van der Waals surface area contributed by atoms with Crippen molar-refractivity contribution in [3.63, 3.8) is 0 Å². The van der Waals surface area contributed by atoms with Gasteiger partial charge < -0.3 is 19.9 Å². The Morgan fingerprint density at radius 3 is 2.48 bits per heavy atom. The van der Waals surface area contributed by atoms with E-state index in [2.05, 4.69) is 10.5 Å². The summed E-state index contributed by atoms with van der Waals surface area (Å²) in [7, 11) is 4.81. The van der Waals surface area contributed by atoms with Crippen LogP contribution in [0.3, 0.4) is 0 Å². The lowest BCUT2D eigenvalue weighted by Crippen LogP contribution is -2.26. The van der Waals surface area contributed by atoms with Gasteiger partial charge in [0.2, 0.25) is 5.75 Å². The molecule has 0 spiro atoms. The van der Waals surface area contributed by atoms with Crippen LogP contribution in [0.15, 0.2) is 11.2 Å². The van der Waals surface area contributed by atoms with Crippen molar-refractivity contribution < 1.29 is 14.2 Å². The van der Waals surface area contributed by atoms with E-state index in [1.54, 1.807) is 21.3 Å². The second kappa shape index (κ2) is 6.62. The molecule has 21 heavy (non-hydrogen) atoms. The number of nitrogens with two attached hydrogens (primary N) is 1. The van der Waals surface area contributed by atoms with Crippen molar-refractivity contribution in [2.75, 3.05) is 21.3 Å². The number of nitrogens with zero attached hydrogens (tertiary/aromatic N) is 1. The molecule has 6 nitrogen and oxygen atoms in total. The first-order valence-corrected chi connectivity index (χ1v) is 6.97. The molecule has 0 atom stereocenters. The lowest BCUT2D eigenvalue weighted by Gasteiger charge is -2.23. The highest BCUT2D eigenvalue weighted by Crippen LogP contribution is 2.44. The molecule has 1 aliphatic rings. The highest BCUT2D eigenvalue weighted by Gasteiger charge is 2.25. The van der Waals surface area contributed by atoms with Crippen molar-refractivity contribution in [2.24, 2.45) is 10.8 Å². The van der Waals surface area contributed by atoms with Gasteiger partial charge in [-0.1, -0.05) is 0 Å². The highest BCUT2D eigenvalue weighted by molar-refractivity contribution is 7.80. The van der Waals surface area contributed by atoms with E-state index in [1.165, 1.54) is 0 Å². The Labute approximate surface area is 129 Å². The van der Waals surface area contributed by atoms with Crippen LogP contribution in [0.5, 0.6) is 17.2 Å². The molecule has 0 radical (unpaired) electrons. The Bertz CT molecular complexity index is 587. The molecule has 0 aliphatic heterocycles. The van der Waals surface area contributed by atoms with Gasteiger partial charge in [-0.15, -0.1) is 0 Å². The number of rotatable bonds is 4. The molecular weight excluding hydrogens is 290 g/mol. The van der Waals surface area contributed by atoms with Crippen molar-refractivity contribution >= 4 is 23.0 Å².